The van der Waals surface area contributed by atoms with Gasteiger partial charge in [0, 0.05) is 11.2 Å². The smallest absolute Gasteiger partial charge is 0.523 e. The van der Waals surface area contributed by atoms with Crippen LogP contribution in [0.3, 0.4) is 0 Å². The lowest BCUT2D eigenvalue weighted by Crippen LogP contribution is -2.24. The summed E-state index contributed by atoms with van der Waals surface area (Å²) in [5.41, 5.74) is 0. The van der Waals surface area contributed by atoms with Crippen molar-refractivity contribution in [2.24, 2.45) is 0 Å². The Morgan fingerprint density at radius 3 is 2.11 bits per heavy atom. The van der Waals surface area contributed by atoms with E-state index in [0.717, 1.165) is 23.6 Å². The molecule has 18 heavy (non-hydrogen) atoms. The van der Waals surface area contributed by atoms with Gasteiger partial charge in [-0.2, -0.15) is 0 Å². The fraction of sp³-hybridized carbons (Fsp3) is 0.143. The molecule has 4 heteroatoms. The van der Waals surface area contributed by atoms with Crippen LogP contribution in [0.4, 0.5) is 0 Å². The molecule has 1 heterocycles. The van der Waals surface area contributed by atoms with Crippen LogP contribution in [0.25, 0.3) is 0 Å². The number of hydrogen-bond acceptors (Lipinski definition) is 3. The van der Waals surface area contributed by atoms with Gasteiger partial charge in [0.1, 0.15) is 11.5 Å². The van der Waals surface area contributed by atoms with Crippen LogP contribution in [0, 0.1) is 0 Å². The van der Waals surface area contributed by atoms with Crippen molar-refractivity contribution < 1.29 is 9.31 Å². The van der Waals surface area contributed by atoms with Gasteiger partial charge in [-0.1, -0.05) is 30.3 Å². The second kappa shape index (κ2) is 5.40. The monoisotopic (exact) mass is 256 g/mol. The number of fused-ring (bicyclic) bond motifs is 1. The normalized spacial score (nSPS) is 12.8. The minimum absolute atomic E-state index is 0.140. The van der Waals surface area contributed by atoms with Crippen LogP contribution in [-0.4, -0.2) is 12.9 Å². The molecule has 0 unspecified atom stereocenters. The summed E-state index contributed by atoms with van der Waals surface area (Å²) in [6.07, 6.45) is 0.883. The lowest BCUT2D eigenvalue weighted by atomic mass is 9.87. The summed E-state index contributed by atoms with van der Waals surface area (Å²) < 4.78 is 11.4. The van der Waals surface area contributed by atoms with E-state index >= 15 is 0 Å². The summed E-state index contributed by atoms with van der Waals surface area (Å²) >= 11 is 1.83. The van der Waals surface area contributed by atoms with Gasteiger partial charge in [-0.05, 0) is 30.0 Å². The van der Waals surface area contributed by atoms with Gasteiger partial charge in [0.15, 0.2) is 0 Å². The molecular formula is C14H13BO2S. The van der Waals surface area contributed by atoms with Crippen LogP contribution >= 0.6 is 11.8 Å². The Morgan fingerprint density at radius 1 is 0.833 bits per heavy atom. The standard InChI is InChI=1S/C14H13BO2S/c1-2-6-12(7-3-1)18-11-10-15-16-13-8-4-5-9-14(13)17-15/h1-9H,10-11H2. The molecule has 0 fully saturated rings. The van der Waals surface area contributed by atoms with Crippen molar-refractivity contribution in [2.45, 2.75) is 11.2 Å². The Kier molecular flexibility index (Phi) is 3.46. The molecule has 0 aliphatic carbocycles. The van der Waals surface area contributed by atoms with E-state index in [4.69, 9.17) is 9.31 Å². The zero-order chi connectivity index (χ0) is 12.2. The number of benzene rings is 2. The molecular weight excluding hydrogens is 243 g/mol. The highest BCUT2D eigenvalue weighted by Gasteiger charge is 2.30. The largest absolute Gasteiger partial charge is 0.595 e. The summed E-state index contributed by atoms with van der Waals surface area (Å²) in [6.45, 7) is 0. The molecule has 2 nitrogen and oxygen atoms in total. The number of thioether (sulfide) groups is 1. The molecule has 0 amide bonds. The highest BCUT2D eigenvalue weighted by Crippen LogP contribution is 2.34. The quantitative estimate of drug-likeness (QED) is 0.613. The molecule has 0 saturated carbocycles. The highest BCUT2D eigenvalue weighted by atomic mass is 32.2. The van der Waals surface area contributed by atoms with E-state index in [-0.39, 0.29) is 7.12 Å². The summed E-state index contributed by atoms with van der Waals surface area (Å²) in [5, 5.41) is 0. The van der Waals surface area contributed by atoms with Crippen LogP contribution < -0.4 is 9.31 Å². The molecule has 0 saturated heterocycles. The van der Waals surface area contributed by atoms with Crippen LogP contribution in [0.2, 0.25) is 6.32 Å². The molecule has 2 aromatic carbocycles. The van der Waals surface area contributed by atoms with E-state index in [1.807, 2.05) is 42.1 Å². The first-order chi connectivity index (χ1) is 8.92. The SMILES string of the molecule is c1ccc(SCCB2Oc3ccccc3O2)cc1. The molecule has 3 rings (SSSR count). The predicted molar refractivity (Wildman–Crippen MR) is 75.4 cm³/mol. The zero-order valence-corrected chi connectivity index (χ0v) is 10.7. The van der Waals surface area contributed by atoms with E-state index in [1.165, 1.54) is 4.90 Å². The number of hydrogen-bond donors (Lipinski definition) is 0. The van der Waals surface area contributed by atoms with Crippen molar-refractivity contribution in [2.75, 3.05) is 5.75 Å². The Hall–Kier alpha value is -1.55. The lowest BCUT2D eigenvalue weighted by Gasteiger charge is -2.04. The topological polar surface area (TPSA) is 18.5 Å². The van der Waals surface area contributed by atoms with Gasteiger partial charge in [0.25, 0.3) is 0 Å². The summed E-state index contributed by atoms with van der Waals surface area (Å²) in [5.74, 6) is 2.70. The van der Waals surface area contributed by atoms with Gasteiger partial charge < -0.3 is 9.31 Å². The fourth-order valence-electron chi connectivity index (χ4n) is 1.86. The van der Waals surface area contributed by atoms with Crippen LogP contribution in [0.15, 0.2) is 59.5 Å². The third-order valence-electron chi connectivity index (χ3n) is 2.73. The lowest BCUT2D eigenvalue weighted by molar-refractivity contribution is 0.500. The third-order valence-corrected chi connectivity index (χ3v) is 3.78. The first-order valence-corrected chi connectivity index (χ1v) is 7.00. The maximum atomic E-state index is 5.71. The summed E-state index contributed by atoms with van der Waals surface area (Å²) in [7, 11) is -0.140. The summed E-state index contributed by atoms with van der Waals surface area (Å²) in [4.78, 5) is 1.29. The van der Waals surface area contributed by atoms with Gasteiger partial charge in [-0.3, -0.25) is 0 Å². The minimum atomic E-state index is -0.140. The Balaban J connectivity index is 1.49. The first kappa shape index (κ1) is 11.5. The third kappa shape index (κ3) is 2.64. The summed E-state index contributed by atoms with van der Waals surface area (Å²) in [6, 6.07) is 18.2. The zero-order valence-electron chi connectivity index (χ0n) is 9.91. The van der Waals surface area contributed by atoms with E-state index in [9.17, 15) is 0 Å². The van der Waals surface area contributed by atoms with Gasteiger partial charge in [-0.25, -0.2) is 0 Å². The second-order valence-corrected chi connectivity index (χ2v) is 5.23. The van der Waals surface area contributed by atoms with Gasteiger partial charge in [0.2, 0.25) is 0 Å². The Morgan fingerprint density at radius 2 is 1.44 bits per heavy atom. The van der Waals surface area contributed by atoms with E-state index < -0.39 is 0 Å². The molecule has 0 aromatic heterocycles. The second-order valence-electron chi connectivity index (χ2n) is 4.06. The number of rotatable bonds is 4. The molecule has 1 aliphatic heterocycles. The molecule has 0 spiro atoms. The highest BCUT2D eigenvalue weighted by molar-refractivity contribution is 7.99. The van der Waals surface area contributed by atoms with Crippen LogP contribution in [-0.2, 0) is 0 Å². The molecule has 0 atom stereocenters. The molecule has 1 aliphatic rings. The van der Waals surface area contributed by atoms with E-state index in [1.54, 1.807) is 0 Å². The fourth-order valence-corrected chi connectivity index (χ4v) is 2.76. The van der Waals surface area contributed by atoms with Crippen molar-refractivity contribution in [3.8, 4) is 11.5 Å². The Labute approximate surface area is 111 Å². The molecule has 0 radical (unpaired) electrons. The number of para-hydroxylation sites is 2. The van der Waals surface area contributed by atoms with Gasteiger partial charge in [0.05, 0.1) is 0 Å². The van der Waals surface area contributed by atoms with Crippen LogP contribution in [0.5, 0.6) is 11.5 Å². The first-order valence-electron chi connectivity index (χ1n) is 6.02. The average Bonchev–Trinajstić information content (AvgIpc) is 2.82. The maximum absolute atomic E-state index is 5.71. The molecule has 0 bridgehead atoms. The molecule has 0 N–H and O–H groups in total. The van der Waals surface area contributed by atoms with Crippen molar-refractivity contribution in [1.29, 1.82) is 0 Å². The average molecular weight is 256 g/mol. The predicted octanol–water partition coefficient (Wildman–Crippen LogP) is 3.74. The Bertz CT molecular complexity index is 493. The van der Waals surface area contributed by atoms with Gasteiger partial charge in [-0.15, -0.1) is 11.8 Å². The van der Waals surface area contributed by atoms with Crippen molar-refractivity contribution in [3.05, 3.63) is 54.6 Å². The van der Waals surface area contributed by atoms with Crippen molar-refractivity contribution >= 4 is 18.9 Å². The van der Waals surface area contributed by atoms with E-state index in [2.05, 4.69) is 24.3 Å². The van der Waals surface area contributed by atoms with Crippen molar-refractivity contribution in [3.63, 3.8) is 0 Å². The molecule has 90 valence electrons. The molecule has 2 aromatic rings. The van der Waals surface area contributed by atoms with Crippen LogP contribution in [0.1, 0.15) is 0 Å². The maximum Gasteiger partial charge on any atom is 0.595 e. The van der Waals surface area contributed by atoms with E-state index in [0.29, 0.717) is 0 Å². The van der Waals surface area contributed by atoms with Crippen molar-refractivity contribution in [1.82, 2.24) is 0 Å². The van der Waals surface area contributed by atoms with Gasteiger partial charge >= 0.3 is 7.12 Å². The minimum Gasteiger partial charge on any atom is -0.523 e.